The second kappa shape index (κ2) is 6.59. The lowest BCUT2D eigenvalue weighted by Crippen LogP contribution is -2.25. The van der Waals surface area contributed by atoms with Crippen molar-refractivity contribution in [2.24, 2.45) is 0 Å². The average molecular weight is 277 g/mol. The molecular formula is C16H17F2NO. The summed E-state index contributed by atoms with van der Waals surface area (Å²) >= 11 is 0. The normalized spacial score (nSPS) is 14.0. The summed E-state index contributed by atoms with van der Waals surface area (Å²) in [6.07, 6.45) is -1.22. The number of aliphatic hydroxyl groups is 1. The van der Waals surface area contributed by atoms with Crippen LogP contribution in [0.2, 0.25) is 0 Å². The Morgan fingerprint density at radius 3 is 2.20 bits per heavy atom. The van der Waals surface area contributed by atoms with Gasteiger partial charge in [-0.2, -0.15) is 0 Å². The van der Waals surface area contributed by atoms with Crippen LogP contribution in [0.1, 0.15) is 30.2 Å². The van der Waals surface area contributed by atoms with Crippen LogP contribution in [0.5, 0.6) is 0 Å². The first-order valence-corrected chi connectivity index (χ1v) is 6.50. The van der Waals surface area contributed by atoms with Crippen molar-refractivity contribution in [2.45, 2.75) is 19.1 Å². The summed E-state index contributed by atoms with van der Waals surface area (Å²) in [5, 5.41) is 13.0. The van der Waals surface area contributed by atoms with Crippen molar-refractivity contribution in [2.75, 3.05) is 6.54 Å². The molecular weight excluding hydrogens is 260 g/mol. The van der Waals surface area contributed by atoms with E-state index >= 15 is 0 Å². The van der Waals surface area contributed by atoms with E-state index in [0.29, 0.717) is 0 Å². The minimum atomic E-state index is -1.22. The van der Waals surface area contributed by atoms with Gasteiger partial charge in [0, 0.05) is 12.6 Å². The molecule has 0 aromatic heterocycles. The Kier molecular flexibility index (Phi) is 4.82. The summed E-state index contributed by atoms with van der Waals surface area (Å²) in [4.78, 5) is 0. The zero-order valence-corrected chi connectivity index (χ0v) is 11.2. The Morgan fingerprint density at radius 1 is 1.00 bits per heavy atom. The molecule has 106 valence electrons. The van der Waals surface area contributed by atoms with Crippen molar-refractivity contribution < 1.29 is 13.9 Å². The van der Waals surface area contributed by atoms with Gasteiger partial charge in [-0.3, -0.25) is 0 Å². The van der Waals surface area contributed by atoms with Gasteiger partial charge in [0.15, 0.2) is 0 Å². The van der Waals surface area contributed by atoms with Crippen LogP contribution in [0.25, 0.3) is 0 Å². The number of hydrogen-bond donors (Lipinski definition) is 2. The van der Waals surface area contributed by atoms with Gasteiger partial charge in [0.25, 0.3) is 0 Å². The predicted molar refractivity (Wildman–Crippen MR) is 74.2 cm³/mol. The zero-order chi connectivity index (χ0) is 14.5. The maximum atomic E-state index is 13.5. The first-order chi connectivity index (χ1) is 9.59. The van der Waals surface area contributed by atoms with Crippen molar-refractivity contribution in [1.29, 1.82) is 0 Å². The third-order valence-corrected chi connectivity index (χ3v) is 3.25. The highest BCUT2D eigenvalue weighted by molar-refractivity contribution is 5.23. The maximum absolute atomic E-state index is 13.5. The van der Waals surface area contributed by atoms with Gasteiger partial charge < -0.3 is 10.4 Å². The number of aliphatic hydroxyl groups excluding tert-OH is 1. The predicted octanol–water partition coefficient (Wildman–Crippen LogP) is 3.35. The summed E-state index contributed by atoms with van der Waals surface area (Å²) in [6, 6.07) is 13.2. The highest BCUT2D eigenvalue weighted by Gasteiger charge is 2.18. The summed E-state index contributed by atoms with van der Waals surface area (Å²) < 4.78 is 27.0. The molecule has 0 radical (unpaired) electrons. The average Bonchev–Trinajstić information content (AvgIpc) is 2.45. The van der Waals surface area contributed by atoms with Gasteiger partial charge in [0.2, 0.25) is 0 Å². The van der Waals surface area contributed by atoms with Crippen molar-refractivity contribution >= 4 is 0 Å². The summed E-state index contributed by atoms with van der Waals surface area (Å²) in [6.45, 7) is 2.01. The molecule has 0 heterocycles. The van der Waals surface area contributed by atoms with E-state index in [-0.39, 0.29) is 18.2 Å². The molecule has 2 aromatic rings. The molecule has 0 aliphatic rings. The van der Waals surface area contributed by atoms with Crippen LogP contribution in [-0.2, 0) is 0 Å². The molecule has 0 aliphatic heterocycles. The Bertz CT molecular complexity index is 539. The molecule has 2 rings (SSSR count). The number of hydrogen-bond acceptors (Lipinski definition) is 2. The summed E-state index contributed by atoms with van der Waals surface area (Å²) in [5.41, 5.74) is 0.758. The molecule has 0 amide bonds. The van der Waals surface area contributed by atoms with Gasteiger partial charge in [-0.1, -0.05) is 36.4 Å². The molecule has 2 aromatic carbocycles. The molecule has 0 bridgehead atoms. The lowest BCUT2D eigenvalue weighted by Gasteiger charge is -2.18. The van der Waals surface area contributed by atoms with Gasteiger partial charge in [0.05, 0.1) is 11.7 Å². The number of benzene rings is 2. The van der Waals surface area contributed by atoms with Crippen molar-refractivity contribution in [3.8, 4) is 0 Å². The van der Waals surface area contributed by atoms with Crippen LogP contribution in [0.15, 0.2) is 48.5 Å². The van der Waals surface area contributed by atoms with E-state index in [9.17, 15) is 13.9 Å². The van der Waals surface area contributed by atoms with E-state index in [2.05, 4.69) is 5.32 Å². The molecule has 2 nitrogen and oxygen atoms in total. The number of nitrogens with one attached hydrogen (secondary N) is 1. The van der Waals surface area contributed by atoms with Crippen LogP contribution in [-0.4, -0.2) is 11.7 Å². The highest BCUT2D eigenvalue weighted by Crippen LogP contribution is 2.21. The smallest absolute Gasteiger partial charge is 0.131 e. The van der Waals surface area contributed by atoms with Crippen LogP contribution in [0.4, 0.5) is 8.78 Å². The summed E-state index contributed by atoms with van der Waals surface area (Å²) in [5.74, 6) is -1.46. The van der Waals surface area contributed by atoms with Crippen molar-refractivity contribution in [3.63, 3.8) is 0 Å². The largest absolute Gasteiger partial charge is 0.387 e. The number of rotatable bonds is 5. The van der Waals surface area contributed by atoms with E-state index < -0.39 is 17.7 Å². The Balaban J connectivity index is 2.00. The zero-order valence-electron chi connectivity index (χ0n) is 11.2. The lowest BCUT2D eigenvalue weighted by atomic mass is 10.1. The fourth-order valence-corrected chi connectivity index (χ4v) is 2.08. The third-order valence-electron chi connectivity index (χ3n) is 3.25. The minimum Gasteiger partial charge on any atom is -0.387 e. The van der Waals surface area contributed by atoms with Gasteiger partial charge in [-0.05, 0) is 24.6 Å². The van der Waals surface area contributed by atoms with Gasteiger partial charge in [0.1, 0.15) is 11.6 Å². The molecule has 0 aliphatic carbocycles. The first kappa shape index (κ1) is 14.6. The van der Waals surface area contributed by atoms with Crippen LogP contribution in [0.3, 0.4) is 0 Å². The summed E-state index contributed by atoms with van der Waals surface area (Å²) in [7, 11) is 0. The van der Waals surface area contributed by atoms with E-state index in [1.807, 2.05) is 37.3 Å². The quantitative estimate of drug-likeness (QED) is 0.878. The van der Waals surface area contributed by atoms with Crippen LogP contribution >= 0.6 is 0 Å². The molecule has 2 atom stereocenters. The minimum absolute atomic E-state index is 0.0133. The molecule has 0 fully saturated rings. The Morgan fingerprint density at radius 2 is 1.60 bits per heavy atom. The molecule has 20 heavy (non-hydrogen) atoms. The Hall–Kier alpha value is -1.78. The first-order valence-electron chi connectivity index (χ1n) is 6.50. The van der Waals surface area contributed by atoms with Crippen LogP contribution < -0.4 is 5.32 Å². The van der Waals surface area contributed by atoms with E-state index in [4.69, 9.17) is 0 Å². The molecule has 0 spiro atoms. The van der Waals surface area contributed by atoms with Crippen LogP contribution in [0, 0.1) is 11.6 Å². The fourth-order valence-electron chi connectivity index (χ4n) is 2.08. The van der Waals surface area contributed by atoms with E-state index in [1.54, 1.807) is 0 Å². The topological polar surface area (TPSA) is 32.3 Å². The van der Waals surface area contributed by atoms with Crippen molar-refractivity contribution in [1.82, 2.24) is 5.32 Å². The van der Waals surface area contributed by atoms with Crippen molar-refractivity contribution in [3.05, 3.63) is 71.3 Å². The highest BCUT2D eigenvalue weighted by atomic mass is 19.1. The van der Waals surface area contributed by atoms with Gasteiger partial charge >= 0.3 is 0 Å². The molecule has 0 saturated heterocycles. The molecule has 2 N–H and O–H groups in total. The SMILES string of the molecule is C[C@H](NCC(O)c1c(F)cccc1F)c1ccccc1. The Labute approximate surface area is 117 Å². The number of halogens is 2. The monoisotopic (exact) mass is 277 g/mol. The molecule has 4 heteroatoms. The maximum Gasteiger partial charge on any atom is 0.131 e. The molecule has 1 unspecified atom stereocenters. The fraction of sp³-hybridized carbons (Fsp3) is 0.250. The van der Waals surface area contributed by atoms with Gasteiger partial charge in [-0.15, -0.1) is 0 Å². The second-order valence-electron chi connectivity index (χ2n) is 4.69. The van der Waals surface area contributed by atoms with E-state index in [1.165, 1.54) is 6.07 Å². The second-order valence-corrected chi connectivity index (χ2v) is 4.69. The van der Waals surface area contributed by atoms with E-state index in [0.717, 1.165) is 17.7 Å². The third kappa shape index (κ3) is 3.40. The molecule has 0 saturated carbocycles. The lowest BCUT2D eigenvalue weighted by molar-refractivity contribution is 0.161. The standard InChI is InChI=1S/C16H17F2NO/c1-11(12-6-3-2-4-7-12)19-10-15(20)16-13(17)8-5-9-14(16)18/h2-9,11,15,19-20H,10H2,1H3/t11-,15?/m0/s1. The van der Waals surface area contributed by atoms with Gasteiger partial charge in [-0.25, -0.2) is 8.78 Å².